The monoisotopic (exact) mass is 632 g/mol. The van der Waals surface area contributed by atoms with Gasteiger partial charge in [0.25, 0.3) is 0 Å². The fourth-order valence-corrected chi connectivity index (χ4v) is 7.80. The van der Waals surface area contributed by atoms with E-state index in [0.717, 1.165) is 50.5 Å². The lowest BCUT2D eigenvalue weighted by atomic mass is 9.82. The van der Waals surface area contributed by atoms with Crippen molar-refractivity contribution in [1.82, 2.24) is 24.9 Å². The summed E-state index contributed by atoms with van der Waals surface area (Å²) in [7, 11) is 6.16. The number of piperidine rings is 1. The number of aliphatic imine (C=N–C) groups is 2. The molecule has 0 radical (unpaired) electrons. The van der Waals surface area contributed by atoms with Crippen molar-refractivity contribution in [1.29, 1.82) is 0 Å². The van der Waals surface area contributed by atoms with E-state index in [4.69, 9.17) is 4.99 Å². The Labute approximate surface area is 264 Å². The van der Waals surface area contributed by atoms with Crippen molar-refractivity contribution in [2.75, 3.05) is 71.9 Å². The minimum atomic E-state index is -4.81. The number of hydrogen-bond donors (Lipinski definition) is 1. The number of hydrogen-bond acceptors (Lipinski definition) is 9. The third-order valence-corrected chi connectivity index (χ3v) is 10.7. The van der Waals surface area contributed by atoms with Crippen LogP contribution >= 0.6 is 0 Å². The second-order valence-corrected chi connectivity index (χ2v) is 13.4. The molecular formula is C32H47F3N8O2. The Morgan fingerprint density at radius 3 is 2.40 bits per heavy atom. The molecule has 4 heterocycles. The van der Waals surface area contributed by atoms with Gasteiger partial charge in [-0.05, 0) is 64.8 Å². The average molecular weight is 633 g/mol. The Morgan fingerprint density at radius 1 is 0.978 bits per heavy atom. The van der Waals surface area contributed by atoms with Crippen LogP contribution in [0.1, 0.15) is 50.6 Å². The van der Waals surface area contributed by atoms with Gasteiger partial charge in [0.1, 0.15) is 5.84 Å². The molecule has 1 N–H and O–H groups in total. The number of ether oxygens (including phenoxy) is 1. The van der Waals surface area contributed by atoms with Gasteiger partial charge < -0.3 is 20.0 Å². The Balaban J connectivity index is 1.11. The molecule has 3 fully saturated rings. The predicted molar refractivity (Wildman–Crippen MR) is 168 cm³/mol. The predicted octanol–water partition coefficient (Wildman–Crippen LogP) is 3.17. The zero-order valence-corrected chi connectivity index (χ0v) is 26.8. The highest BCUT2D eigenvalue weighted by Gasteiger charge is 2.44. The van der Waals surface area contributed by atoms with Gasteiger partial charge in [0, 0.05) is 70.0 Å². The SMILES string of the molecule is CC1c2ccccc2N(C)C2=NC(NC3CCC(C(=O)N4CCC(N5CCN(C)CC5)CC4)CC3OC(F)(F)F)=NCC2N1C. The van der Waals surface area contributed by atoms with Gasteiger partial charge in [-0.15, -0.1) is 13.2 Å². The number of anilines is 1. The number of amides is 1. The number of carbonyl (C=O) groups is 1. The number of fused-ring (bicyclic) bond motifs is 2. The molecule has 1 aromatic rings. The van der Waals surface area contributed by atoms with Crippen molar-refractivity contribution in [3.05, 3.63) is 29.8 Å². The lowest BCUT2D eigenvalue weighted by Gasteiger charge is -2.43. The first kappa shape index (κ1) is 32.2. The van der Waals surface area contributed by atoms with E-state index in [1.807, 2.05) is 24.1 Å². The smallest absolute Gasteiger partial charge is 0.349 e. The van der Waals surface area contributed by atoms with Crippen LogP contribution < -0.4 is 10.2 Å². The molecule has 1 aromatic carbocycles. The summed E-state index contributed by atoms with van der Waals surface area (Å²) in [4.78, 5) is 34.1. The molecule has 1 saturated carbocycles. The van der Waals surface area contributed by atoms with Gasteiger partial charge in [-0.1, -0.05) is 18.2 Å². The van der Waals surface area contributed by atoms with Gasteiger partial charge >= 0.3 is 6.36 Å². The molecule has 0 spiro atoms. The number of alkyl halides is 3. The lowest BCUT2D eigenvalue weighted by Crippen LogP contribution is -2.55. The normalized spacial score (nSPS) is 31.0. The van der Waals surface area contributed by atoms with Crippen LogP contribution in [0.25, 0.3) is 0 Å². The van der Waals surface area contributed by atoms with Crippen molar-refractivity contribution >= 4 is 23.4 Å². The number of rotatable bonds is 4. The molecule has 13 heteroatoms. The summed E-state index contributed by atoms with van der Waals surface area (Å²) >= 11 is 0. The molecule has 248 valence electrons. The number of para-hydroxylation sites is 1. The molecule has 5 atom stereocenters. The van der Waals surface area contributed by atoms with Crippen LogP contribution in [0.15, 0.2) is 34.3 Å². The summed E-state index contributed by atoms with van der Waals surface area (Å²) in [5.41, 5.74) is 2.23. The Kier molecular flexibility index (Phi) is 9.43. The fourth-order valence-electron chi connectivity index (χ4n) is 7.80. The van der Waals surface area contributed by atoms with Crippen LogP contribution in [-0.4, -0.2) is 135 Å². The van der Waals surface area contributed by atoms with Gasteiger partial charge in [-0.25, -0.2) is 4.99 Å². The van der Waals surface area contributed by atoms with E-state index in [1.54, 1.807) is 0 Å². The standard InChI is InChI=1S/C32H47F3N8O2/c1-21-24-7-5-6-8-26(24)41(4)29-27(40(21)3)20-36-31(38-29)37-25-10-9-22(19-28(25)45-32(33,34)35)30(44)43-13-11-23(12-14-43)42-17-15-39(2)16-18-42/h5-8,21-23,25,27-28H,9-20H2,1-4H3,(H,36,37). The van der Waals surface area contributed by atoms with Crippen LogP contribution in [0, 0.1) is 5.92 Å². The van der Waals surface area contributed by atoms with Gasteiger partial charge in [-0.2, -0.15) is 4.99 Å². The molecule has 1 amide bonds. The molecule has 6 rings (SSSR count). The number of amidine groups is 1. The highest BCUT2D eigenvalue weighted by atomic mass is 19.4. The van der Waals surface area contributed by atoms with E-state index in [2.05, 4.69) is 67.8 Å². The summed E-state index contributed by atoms with van der Waals surface area (Å²) < 4.78 is 45.6. The van der Waals surface area contributed by atoms with Gasteiger partial charge in [0.15, 0.2) is 0 Å². The van der Waals surface area contributed by atoms with Crippen molar-refractivity contribution in [2.24, 2.45) is 15.9 Å². The van der Waals surface area contributed by atoms with Crippen LogP contribution in [-0.2, 0) is 9.53 Å². The van der Waals surface area contributed by atoms with E-state index in [9.17, 15) is 18.0 Å². The van der Waals surface area contributed by atoms with Gasteiger partial charge in [0.05, 0.1) is 24.7 Å². The molecule has 0 aromatic heterocycles. The third-order valence-electron chi connectivity index (χ3n) is 10.7. The first-order chi connectivity index (χ1) is 21.5. The molecule has 0 bridgehead atoms. The summed E-state index contributed by atoms with van der Waals surface area (Å²) in [6.07, 6.45) is -3.36. The summed E-state index contributed by atoms with van der Waals surface area (Å²) in [5, 5.41) is 3.20. The van der Waals surface area contributed by atoms with Crippen LogP contribution in [0.4, 0.5) is 18.9 Å². The lowest BCUT2D eigenvalue weighted by molar-refractivity contribution is -0.348. The Hall–Kier alpha value is -2.74. The molecule has 2 saturated heterocycles. The number of likely N-dealkylation sites (tertiary alicyclic amines) is 1. The van der Waals surface area contributed by atoms with E-state index in [-0.39, 0.29) is 24.4 Å². The van der Waals surface area contributed by atoms with Crippen molar-refractivity contribution in [3.8, 4) is 0 Å². The number of nitrogens with one attached hydrogen (secondary N) is 1. The minimum absolute atomic E-state index is 0.00834. The van der Waals surface area contributed by atoms with E-state index >= 15 is 0 Å². The average Bonchev–Trinajstić information content (AvgIpc) is 3.10. The largest absolute Gasteiger partial charge is 0.522 e. The van der Waals surface area contributed by atoms with Crippen LogP contribution in [0.5, 0.6) is 0 Å². The summed E-state index contributed by atoms with van der Waals surface area (Å²) in [6, 6.07) is 8.05. The van der Waals surface area contributed by atoms with Crippen molar-refractivity contribution in [2.45, 2.75) is 75.7 Å². The van der Waals surface area contributed by atoms with Crippen molar-refractivity contribution < 1.29 is 22.7 Å². The Bertz CT molecular complexity index is 1280. The molecule has 4 aliphatic heterocycles. The maximum atomic E-state index is 13.6. The van der Waals surface area contributed by atoms with E-state index < -0.39 is 24.4 Å². The third kappa shape index (κ3) is 7.01. The number of guanidine groups is 1. The van der Waals surface area contributed by atoms with Crippen LogP contribution in [0.3, 0.4) is 0 Å². The molecule has 5 aliphatic rings. The van der Waals surface area contributed by atoms with Gasteiger partial charge in [-0.3, -0.25) is 19.3 Å². The van der Waals surface area contributed by atoms with Gasteiger partial charge in [0.2, 0.25) is 11.9 Å². The molecule has 5 unspecified atom stereocenters. The minimum Gasteiger partial charge on any atom is -0.349 e. The fraction of sp³-hybridized carbons (Fsp3) is 0.719. The maximum Gasteiger partial charge on any atom is 0.522 e. The summed E-state index contributed by atoms with van der Waals surface area (Å²) in [6.45, 7) is 8.08. The molecule has 45 heavy (non-hydrogen) atoms. The molecule has 1 aliphatic carbocycles. The Morgan fingerprint density at radius 2 is 1.69 bits per heavy atom. The highest BCUT2D eigenvalue weighted by molar-refractivity contribution is 6.09. The number of carbonyl (C=O) groups excluding carboxylic acids is 1. The number of halogens is 3. The molecular weight excluding hydrogens is 585 g/mol. The zero-order valence-electron chi connectivity index (χ0n) is 26.8. The highest BCUT2D eigenvalue weighted by Crippen LogP contribution is 2.36. The van der Waals surface area contributed by atoms with E-state index in [1.165, 1.54) is 5.56 Å². The van der Waals surface area contributed by atoms with E-state index in [0.29, 0.717) is 44.5 Å². The first-order valence-electron chi connectivity index (χ1n) is 16.4. The zero-order chi connectivity index (χ0) is 31.9. The van der Waals surface area contributed by atoms with Crippen LogP contribution in [0.2, 0.25) is 0 Å². The number of nitrogens with zero attached hydrogens (tertiary/aromatic N) is 7. The molecule has 10 nitrogen and oxygen atoms in total. The number of benzene rings is 1. The summed E-state index contributed by atoms with van der Waals surface area (Å²) in [5.74, 6) is 0.559. The number of likely N-dealkylation sites (N-methyl/N-ethyl adjacent to an activating group) is 3. The van der Waals surface area contributed by atoms with Crippen molar-refractivity contribution in [3.63, 3.8) is 0 Å². The number of piperazine rings is 1. The maximum absolute atomic E-state index is 13.6. The second-order valence-electron chi connectivity index (χ2n) is 13.4. The quantitative estimate of drug-likeness (QED) is 0.547. The second kappa shape index (κ2) is 13.2. The topological polar surface area (TPSA) is 79.2 Å². The first-order valence-corrected chi connectivity index (χ1v) is 16.4.